The van der Waals surface area contributed by atoms with Crippen LogP contribution in [0.3, 0.4) is 0 Å². The van der Waals surface area contributed by atoms with Crippen molar-refractivity contribution in [3.8, 4) is 11.1 Å². The molecule has 10 heteroatoms. The first kappa shape index (κ1) is 24.1. The zero-order chi connectivity index (χ0) is 24.1. The molecule has 0 atom stereocenters. The fraction of sp³-hybridized carbons (Fsp3) is 0.375. The van der Waals surface area contributed by atoms with Crippen LogP contribution in [0, 0.1) is 5.92 Å². The van der Waals surface area contributed by atoms with Crippen LogP contribution in [0.4, 0.5) is 30.5 Å². The Morgan fingerprint density at radius 2 is 1.82 bits per heavy atom. The number of carbonyl (C=O) groups is 1. The Morgan fingerprint density at radius 3 is 2.47 bits per heavy atom. The van der Waals surface area contributed by atoms with Gasteiger partial charge in [-0.1, -0.05) is 55.8 Å². The summed E-state index contributed by atoms with van der Waals surface area (Å²) in [4.78, 5) is 16.2. The lowest BCUT2D eigenvalue weighted by Crippen LogP contribution is -2.14. The summed E-state index contributed by atoms with van der Waals surface area (Å²) < 4.78 is 41.6. The van der Waals surface area contributed by atoms with Gasteiger partial charge in [0.15, 0.2) is 0 Å². The Morgan fingerprint density at radius 1 is 1.09 bits per heavy atom. The highest BCUT2D eigenvalue weighted by Gasteiger charge is 2.35. The van der Waals surface area contributed by atoms with E-state index in [1.807, 2.05) is 0 Å². The number of aromatic amines is 1. The number of carbonyl (C=O) groups excluding carboxylic acids is 1. The molecule has 1 saturated carbocycles. The summed E-state index contributed by atoms with van der Waals surface area (Å²) >= 11 is 6.30. The first-order valence-corrected chi connectivity index (χ1v) is 11.6. The number of H-pyrrole nitrogens is 1. The van der Waals surface area contributed by atoms with Crippen molar-refractivity contribution < 1.29 is 18.0 Å². The van der Waals surface area contributed by atoms with Crippen LogP contribution < -0.4 is 10.6 Å². The van der Waals surface area contributed by atoms with Gasteiger partial charge < -0.3 is 10.6 Å². The van der Waals surface area contributed by atoms with Crippen molar-refractivity contribution in [2.45, 2.75) is 51.1 Å². The van der Waals surface area contributed by atoms with E-state index in [0.717, 1.165) is 12.5 Å². The summed E-state index contributed by atoms with van der Waals surface area (Å²) in [6, 6.07) is 8.60. The maximum absolute atomic E-state index is 13.9. The predicted molar refractivity (Wildman–Crippen MR) is 126 cm³/mol. The summed E-state index contributed by atoms with van der Waals surface area (Å²) in [5, 5.41) is 11.7. The molecule has 0 spiro atoms. The second kappa shape index (κ2) is 10.5. The van der Waals surface area contributed by atoms with Crippen LogP contribution in [-0.4, -0.2) is 21.1 Å². The third kappa shape index (κ3) is 6.08. The van der Waals surface area contributed by atoms with Crippen LogP contribution in [0.25, 0.3) is 11.1 Å². The summed E-state index contributed by atoms with van der Waals surface area (Å²) in [5.74, 6) is 0.710. The maximum atomic E-state index is 13.9. The standard InChI is InChI=1S/C24H25ClF3N5O/c25-20-13-18(32-23-29-14-30-33-23)12-19(24(26,27)28)22(20)16-7-9-17(10-8-16)31-21(34)11-6-15-4-2-1-3-5-15/h7-10,12-15H,1-6,11H2,(H,31,34)(H2,29,30,32,33). The fourth-order valence-corrected chi connectivity index (χ4v) is 4.68. The van der Waals surface area contributed by atoms with Gasteiger partial charge in [0.05, 0.1) is 10.6 Å². The number of nitrogens with one attached hydrogen (secondary N) is 3. The van der Waals surface area contributed by atoms with Crippen LogP contribution in [0.5, 0.6) is 0 Å². The SMILES string of the molecule is O=C(CCC1CCCCC1)Nc1ccc(-c2c(Cl)cc(Nc3ncn[nH]3)cc2C(F)(F)F)cc1. The van der Waals surface area contributed by atoms with E-state index in [1.54, 1.807) is 12.1 Å². The quantitative estimate of drug-likeness (QED) is 0.326. The molecule has 0 bridgehead atoms. The Labute approximate surface area is 200 Å². The molecule has 0 radical (unpaired) electrons. The highest BCUT2D eigenvalue weighted by Crippen LogP contribution is 2.43. The minimum atomic E-state index is -4.63. The van der Waals surface area contributed by atoms with E-state index < -0.39 is 11.7 Å². The Hall–Kier alpha value is -3.07. The van der Waals surface area contributed by atoms with Crippen molar-refractivity contribution in [1.29, 1.82) is 0 Å². The van der Waals surface area contributed by atoms with Gasteiger partial charge in [-0.15, -0.1) is 0 Å². The van der Waals surface area contributed by atoms with E-state index in [9.17, 15) is 18.0 Å². The average molecular weight is 492 g/mol. The lowest BCUT2D eigenvalue weighted by Gasteiger charge is -2.21. The second-order valence-corrected chi connectivity index (χ2v) is 8.91. The summed E-state index contributed by atoms with van der Waals surface area (Å²) in [6.07, 6.45) is 3.99. The number of anilines is 3. The minimum absolute atomic E-state index is 0.0684. The van der Waals surface area contributed by atoms with Crippen LogP contribution in [0.2, 0.25) is 5.02 Å². The second-order valence-electron chi connectivity index (χ2n) is 8.51. The minimum Gasteiger partial charge on any atom is -0.326 e. The van der Waals surface area contributed by atoms with Crippen LogP contribution in [-0.2, 0) is 11.0 Å². The average Bonchev–Trinajstić information content (AvgIpc) is 3.31. The lowest BCUT2D eigenvalue weighted by molar-refractivity contribution is -0.137. The van der Waals surface area contributed by atoms with Gasteiger partial charge in [-0.2, -0.15) is 23.3 Å². The topological polar surface area (TPSA) is 82.7 Å². The number of rotatable bonds is 7. The zero-order valence-electron chi connectivity index (χ0n) is 18.4. The van der Waals surface area contributed by atoms with Gasteiger partial charge in [0, 0.05) is 23.4 Å². The van der Waals surface area contributed by atoms with Gasteiger partial charge >= 0.3 is 6.18 Å². The largest absolute Gasteiger partial charge is 0.417 e. The number of amides is 1. The molecule has 3 N–H and O–H groups in total. The Kier molecular flexibility index (Phi) is 7.41. The Balaban J connectivity index is 1.49. The van der Waals surface area contributed by atoms with Crippen LogP contribution in [0.15, 0.2) is 42.7 Å². The van der Waals surface area contributed by atoms with Gasteiger partial charge in [0.2, 0.25) is 11.9 Å². The van der Waals surface area contributed by atoms with Crippen molar-refractivity contribution in [2.75, 3.05) is 10.6 Å². The highest BCUT2D eigenvalue weighted by atomic mass is 35.5. The number of benzene rings is 2. The molecule has 4 rings (SSSR count). The van der Waals surface area contributed by atoms with E-state index in [1.165, 1.54) is 56.6 Å². The monoisotopic (exact) mass is 491 g/mol. The zero-order valence-corrected chi connectivity index (χ0v) is 19.1. The third-order valence-electron chi connectivity index (χ3n) is 6.04. The lowest BCUT2D eigenvalue weighted by atomic mass is 9.86. The predicted octanol–water partition coefficient (Wildman–Crippen LogP) is 7.19. The molecule has 1 amide bonds. The highest BCUT2D eigenvalue weighted by molar-refractivity contribution is 6.34. The van der Waals surface area contributed by atoms with E-state index >= 15 is 0 Å². The normalized spacial score (nSPS) is 14.7. The number of hydrogen-bond acceptors (Lipinski definition) is 4. The molecule has 1 aliphatic carbocycles. The first-order valence-electron chi connectivity index (χ1n) is 11.2. The van der Waals surface area contributed by atoms with Crippen molar-refractivity contribution in [3.05, 3.63) is 53.3 Å². The van der Waals surface area contributed by atoms with Crippen LogP contribution in [0.1, 0.15) is 50.5 Å². The van der Waals surface area contributed by atoms with Crippen molar-refractivity contribution in [2.24, 2.45) is 5.92 Å². The van der Waals surface area contributed by atoms with E-state index in [0.29, 0.717) is 23.6 Å². The molecule has 2 aromatic carbocycles. The molecule has 3 aromatic rings. The number of hydrogen-bond donors (Lipinski definition) is 3. The molecule has 6 nitrogen and oxygen atoms in total. The van der Waals surface area contributed by atoms with Crippen LogP contribution >= 0.6 is 11.6 Å². The molecule has 1 fully saturated rings. The fourth-order valence-electron chi connectivity index (χ4n) is 4.35. The van der Waals surface area contributed by atoms with Gasteiger partial charge in [-0.05, 0) is 42.2 Å². The first-order chi connectivity index (χ1) is 16.3. The molecular formula is C24H25ClF3N5O. The molecule has 34 heavy (non-hydrogen) atoms. The molecule has 1 aliphatic rings. The third-order valence-corrected chi connectivity index (χ3v) is 6.33. The van der Waals surface area contributed by atoms with Gasteiger partial charge in [0.25, 0.3) is 0 Å². The summed E-state index contributed by atoms with van der Waals surface area (Å²) in [6.45, 7) is 0. The van der Waals surface area contributed by atoms with Crippen molar-refractivity contribution >= 4 is 34.8 Å². The molecule has 0 saturated heterocycles. The molecule has 180 valence electrons. The van der Waals surface area contributed by atoms with Gasteiger partial charge in [0.1, 0.15) is 6.33 Å². The number of aromatic nitrogens is 3. The molecular weight excluding hydrogens is 467 g/mol. The molecule has 1 heterocycles. The molecule has 1 aromatic heterocycles. The van der Waals surface area contributed by atoms with Gasteiger partial charge in [-0.25, -0.2) is 5.10 Å². The number of nitrogens with zero attached hydrogens (tertiary/aromatic N) is 2. The maximum Gasteiger partial charge on any atom is 0.417 e. The van der Waals surface area contributed by atoms with E-state index in [2.05, 4.69) is 25.8 Å². The Bertz CT molecular complexity index is 1110. The molecule has 0 unspecified atom stereocenters. The molecule has 0 aliphatic heterocycles. The number of halogens is 4. The van der Waals surface area contributed by atoms with E-state index in [4.69, 9.17) is 11.6 Å². The summed E-state index contributed by atoms with van der Waals surface area (Å²) in [5.41, 5.74) is -0.0622. The smallest absolute Gasteiger partial charge is 0.326 e. The van der Waals surface area contributed by atoms with Crippen molar-refractivity contribution in [3.63, 3.8) is 0 Å². The number of alkyl halides is 3. The van der Waals surface area contributed by atoms with Crippen molar-refractivity contribution in [1.82, 2.24) is 15.2 Å². The van der Waals surface area contributed by atoms with E-state index in [-0.39, 0.29) is 28.1 Å². The van der Waals surface area contributed by atoms with Gasteiger partial charge in [-0.3, -0.25) is 4.79 Å². The summed E-state index contributed by atoms with van der Waals surface area (Å²) in [7, 11) is 0.